The average Bonchev–Trinajstić information content (AvgIpc) is 2.55. The van der Waals surface area contributed by atoms with Crippen molar-refractivity contribution in [1.82, 2.24) is 5.32 Å². The first-order chi connectivity index (χ1) is 11.1. The van der Waals surface area contributed by atoms with Gasteiger partial charge in [-0.1, -0.05) is 53.2 Å². The second-order valence-corrected chi connectivity index (χ2v) is 5.62. The number of carbonyl (C=O) groups excluding carboxylic acids is 1. The molecule has 23 heavy (non-hydrogen) atoms. The summed E-state index contributed by atoms with van der Waals surface area (Å²) in [5.74, 6) is -0.220. The minimum absolute atomic E-state index is 0.220. The van der Waals surface area contributed by atoms with Gasteiger partial charge in [-0.15, -0.1) is 0 Å². The van der Waals surface area contributed by atoms with Crippen LogP contribution in [0.3, 0.4) is 0 Å². The molecular formula is C18H19ClN2O2. The van der Waals surface area contributed by atoms with Crippen LogP contribution in [0.4, 0.5) is 0 Å². The molecule has 1 amide bonds. The third-order valence-electron chi connectivity index (χ3n) is 3.35. The molecule has 1 N–H and O–H groups in total. The fourth-order valence-corrected chi connectivity index (χ4v) is 2.02. The van der Waals surface area contributed by atoms with Gasteiger partial charge in [0, 0.05) is 11.6 Å². The lowest BCUT2D eigenvalue weighted by Crippen LogP contribution is -2.33. The maximum absolute atomic E-state index is 12.0. The molecule has 1 unspecified atom stereocenters. The summed E-state index contributed by atoms with van der Waals surface area (Å²) < 4.78 is 0. The highest BCUT2D eigenvalue weighted by Crippen LogP contribution is 2.09. The van der Waals surface area contributed by atoms with Crippen LogP contribution in [0.1, 0.15) is 23.6 Å². The highest BCUT2D eigenvalue weighted by molar-refractivity contribution is 6.30. The molecule has 0 aliphatic heterocycles. The summed E-state index contributed by atoms with van der Waals surface area (Å²) in [6.45, 7) is 4.07. The molecule has 0 aliphatic carbocycles. The van der Waals surface area contributed by atoms with Crippen LogP contribution in [0.5, 0.6) is 0 Å². The number of carbonyl (C=O) groups is 1. The van der Waals surface area contributed by atoms with Crippen LogP contribution in [0.2, 0.25) is 5.02 Å². The number of hydrogen-bond donors (Lipinski definition) is 1. The fourth-order valence-electron chi connectivity index (χ4n) is 1.89. The third-order valence-corrected chi connectivity index (χ3v) is 3.60. The van der Waals surface area contributed by atoms with Crippen molar-refractivity contribution in [3.63, 3.8) is 0 Å². The van der Waals surface area contributed by atoms with Crippen molar-refractivity contribution in [3.8, 4) is 0 Å². The van der Waals surface area contributed by atoms with Crippen LogP contribution in [0.25, 0.3) is 0 Å². The lowest BCUT2D eigenvalue weighted by Gasteiger charge is -2.10. The van der Waals surface area contributed by atoms with Crippen molar-refractivity contribution in [3.05, 3.63) is 70.2 Å². The minimum Gasteiger partial charge on any atom is -0.383 e. The van der Waals surface area contributed by atoms with Crippen LogP contribution >= 0.6 is 11.6 Å². The van der Waals surface area contributed by atoms with E-state index in [-0.39, 0.29) is 5.91 Å². The van der Waals surface area contributed by atoms with Gasteiger partial charge in [0.25, 0.3) is 5.91 Å². The number of halogens is 1. The van der Waals surface area contributed by atoms with Crippen molar-refractivity contribution in [2.24, 2.45) is 5.16 Å². The first-order valence-electron chi connectivity index (χ1n) is 7.33. The van der Waals surface area contributed by atoms with E-state index >= 15 is 0 Å². The van der Waals surface area contributed by atoms with Crippen LogP contribution in [-0.4, -0.2) is 18.2 Å². The van der Waals surface area contributed by atoms with Gasteiger partial charge in [-0.2, -0.15) is 0 Å². The van der Waals surface area contributed by atoms with E-state index in [0.29, 0.717) is 11.6 Å². The standard InChI is InChI=1S/C18H19ClN2O2/c1-13-5-3-4-6-16(13)12-21-23-14(2)18(22)20-11-15-7-9-17(19)10-8-15/h3-10,12,14H,11H2,1-2H3,(H,20,22)/b21-12+. The molecule has 0 fully saturated rings. The second kappa shape index (κ2) is 8.34. The molecule has 0 saturated heterocycles. The molecule has 2 aromatic carbocycles. The highest BCUT2D eigenvalue weighted by Gasteiger charge is 2.13. The number of amides is 1. The zero-order valence-electron chi connectivity index (χ0n) is 13.1. The Bertz CT molecular complexity index is 684. The lowest BCUT2D eigenvalue weighted by atomic mass is 10.1. The van der Waals surface area contributed by atoms with E-state index in [2.05, 4.69) is 10.5 Å². The van der Waals surface area contributed by atoms with E-state index in [1.807, 2.05) is 43.3 Å². The SMILES string of the molecule is Cc1ccccc1/C=N/OC(C)C(=O)NCc1ccc(Cl)cc1. The lowest BCUT2D eigenvalue weighted by molar-refractivity contribution is -0.131. The van der Waals surface area contributed by atoms with E-state index in [4.69, 9.17) is 16.4 Å². The van der Waals surface area contributed by atoms with Crippen molar-refractivity contribution in [2.45, 2.75) is 26.5 Å². The zero-order chi connectivity index (χ0) is 16.7. The molecule has 0 aromatic heterocycles. The van der Waals surface area contributed by atoms with Gasteiger partial charge in [-0.25, -0.2) is 0 Å². The van der Waals surface area contributed by atoms with E-state index in [1.54, 1.807) is 25.3 Å². The van der Waals surface area contributed by atoms with Gasteiger partial charge >= 0.3 is 0 Å². The Balaban J connectivity index is 1.81. The van der Waals surface area contributed by atoms with Crippen molar-refractivity contribution in [1.29, 1.82) is 0 Å². The highest BCUT2D eigenvalue weighted by atomic mass is 35.5. The smallest absolute Gasteiger partial charge is 0.263 e. The summed E-state index contributed by atoms with van der Waals surface area (Å²) in [4.78, 5) is 17.2. The predicted octanol–water partition coefficient (Wildman–Crippen LogP) is 3.70. The molecule has 1 atom stereocenters. The summed E-state index contributed by atoms with van der Waals surface area (Å²) >= 11 is 5.82. The Hall–Kier alpha value is -2.33. The number of nitrogens with zero attached hydrogens (tertiary/aromatic N) is 1. The molecule has 4 nitrogen and oxygen atoms in total. The maximum atomic E-state index is 12.0. The number of aryl methyl sites for hydroxylation is 1. The quantitative estimate of drug-likeness (QED) is 0.648. The van der Waals surface area contributed by atoms with Crippen LogP contribution in [-0.2, 0) is 16.2 Å². The van der Waals surface area contributed by atoms with Gasteiger partial charge in [0.1, 0.15) is 0 Å². The number of benzene rings is 2. The van der Waals surface area contributed by atoms with Gasteiger partial charge in [-0.3, -0.25) is 4.79 Å². The Labute approximate surface area is 141 Å². The monoisotopic (exact) mass is 330 g/mol. The van der Waals surface area contributed by atoms with E-state index in [1.165, 1.54) is 0 Å². The van der Waals surface area contributed by atoms with E-state index in [9.17, 15) is 4.79 Å². The molecule has 0 bridgehead atoms. The number of hydrogen-bond acceptors (Lipinski definition) is 3. The number of oxime groups is 1. The van der Waals surface area contributed by atoms with Crippen molar-refractivity contribution >= 4 is 23.7 Å². The van der Waals surface area contributed by atoms with Crippen LogP contribution in [0.15, 0.2) is 53.7 Å². The Kier molecular flexibility index (Phi) is 6.18. The number of nitrogens with one attached hydrogen (secondary N) is 1. The molecule has 5 heteroatoms. The van der Waals surface area contributed by atoms with Gasteiger partial charge < -0.3 is 10.2 Å². The topological polar surface area (TPSA) is 50.7 Å². The first-order valence-corrected chi connectivity index (χ1v) is 7.71. The van der Waals surface area contributed by atoms with E-state index in [0.717, 1.165) is 16.7 Å². The van der Waals surface area contributed by atoms with Crippen LogP contribution < -0.4 is 5.32 Å². The Morgan fingerprint density at radius 2 is 1.96 bits per heavy atom. The molecular weight excluding hydrogens is 312 g/mol. The molecule has 2 aromatic rings. The molecule has 0 aliphatic rings. The Morgan fingerprint density at radius 3 is 2.65 bits per heavy atom. The van der Waals surface area contributed by atoms with Crippen LogP contribution in [0, 0.1) is 6.92 Å². The summed E-state index contributed by atoms with van der Waals surface area (Å²) in [6, 6.07) is 15.1. The summed E-state index contributed by atoms with van der Waals surface area (Å²) in [5.41, 5.74) is 3.03. The summed E-state index contributed by atoms with van der Waals surface area (Å²) in [7, 11) is 0. The van der Waals surface area contributed by atoms with Gasteiger partial charge in [0.15, 0.2) is 0 Å². The summed E-state index contributed by atoms with van der Waals surface area (Å²) in [6.07, 6.45) is 0.945. The third kappa shape index (κ3) is 5.42. The van der Waals surface area contributed by atoms with Gasteiger partial charge in [0.05, 0.1) is 6.21 Å². The van der Waals surface area contributed by atoms with Crippen molar-refractivity contribution < 1.29 is 9.63 Å². The molecule has 0 spiro atoms. The normalized spacial score (nSPS) is 12.1. The maximum Gasteiger partial charge on any atom is 0.263 e. The van der Waals surface area contributed by atoms with Gasteiger partial charge in [-0.05, 0) is 42.7 Å². The predicted molar refractivity (Wildman–Crippen MR) is 92.6 cm³/mol. The van der Waals surface area contributed by atoms with Gasteiger partial charge in [0.2, 0.25) is 6.10 Å². The Morgan fingerprint density at radius 1 is 1.26 bits per heavy atom. The molecule has 2 rings (SSSR count). The van der Waals surface area contributed by atoms with E-state index < -0.39 is 6.10 Å². The largest absolute Gasteiger partial charge is 0.383 e. The zero-order valence-corrected chi connectivity index (χ0v) is 13.9. The van der Waals surface area contributed by atoms with Crippen molar-refractivity contribution in [2.75, 3.05) is 0 Å². The second-order valence-electron chi connectivity index (χ2n) is 5.18. The fraction of sp³-hybridized carbons (Fsp3) is 0.222. The summed E-state index contributed by atoms with van der Waals surface area (Å²) in [5, 5.41) is 7.35. The minimum atomic E-state index is -0.664. The molecule has 0 radical (unpaired) electrons. The molecule has 120 valence electrons. The molecule has 0 heterocycles. The average molecular weight is 331 g/mol. The first kappa shape index (κ1) is 17.0. The molecule has 0 saturated carbocycles. The number of rotatable bonds is 6.